The molecule has 0 fully saturated rings. The lowest BCUT2D eigenvalue weighted by Crippen LogP contribution is -2.29. The van der Waals surface area contributed by atoms with Crippen LogP contribution in [0.25, 0.3) is 0 Å². The first-order valence-corrected chi connectivity index (χ1v) is 8.68. The van der Waals surface area contributed by atoms with Crippen LogP contribution in [0, 0.1) is 0 Å². The van der Waals surface area contributed by atoms with E-state index in [4.69, 9.17) is 21.1 Å². The Balaban J connectivity index is 1.42. The summed E-state index contributed by atoms with van der Waals surface area (Å²) in [7, 11) is 0. The lowest BCUT2D eigenvalue weighted by atomic mass is 10.1. The van der Waals surface area contributed by atoms with E-state index in [2.05, 4.69) is 10.6 Å². The van der Waals surface area contributed by atoms with Crippen molar-refractivity contribution in [3.63, 3.8) is 0 Å². The molecule has 1 aliphatic heterocycles. The zero-order valence-electron chi connectivity index (χ0n) is 14.1. The summed E-state index contributed by atoms with van der Waals surface area (Å²) in [5.41, 5.74) is 1.63. The maximum Gasteiger partial charge on any atom is 0.233 e. The van der Waals surface area contributed by atoms with Crippen molar-refractivity contribution in [1.29, 1.82) is 0 Å². The second-order valence-electron chi connectivity index (χ2n) is 5.81. The molecule has 0 aliphatic carbocycles. The van der Waals surface area contributed by atoms with E-state index in [9.17, 15) is 9.59 Å². The van der Waals surface area contributed by atoms with Crippen LogP contribution in [-0.4, -0.2) is 31.6 Å². The van der Waals surface area contributed by atoms with Gasteiger partial charge < -0.3 is 20.1 Å². The molecule has 0 bridgehead atoms. The molecule has 0 saturated heterocycles. The Morgan fingerprint density at radius 2 is 1.69 bits per heavy atom. The second kappa shape index (κ2) is 8.58. The van der Waals surface area contributed by atoms with Crippen molar-refractivity contribution in [3.05, 3.63) is 53.1 Å². The number of nitrogens with one attached hydrogen (secondary N) is 2. The van der Waals surface area contributed by atoms with E-state index in [-0.39, 0.29) is 18.2 Å². The Kier molecular flexibility index (Phi) is 5.96. The monoisotopic (exact) mass is 374 g/mol. The number of benzene rings is 2. The van der Waals surface area contributed by atoms with Crippen LogP contribution < -0.4 is 20.1 Å². The Hall–Kier alpha value is -2.73. The van der Waals surface area contributed by atoms with Gasteiger partial charge in [-0.15, -0.1) is 0 Å². The molecule has 2 aromatic carbocycles. The van der Waals surface area contributed by atoms with Gasteiger partial charge >= 0.3 is 0 Å². The van der Waals surface area contributed by atoms with Crippen LogP contribution in [-0.2, 0) is 16.0 Å². The lowest BCUT2D eigenvalue weighted by Gasteiger charge is -2.19. The van der Waals surface area contributed by atoms with E-state index in [0.717, 1.165) is 5.56 Å². The maximum atomic E-state index is 12.0. The number of hydrogen-bond donors (Lipinski definition) is 2. The first-order valence-electron chi connectivity index (χ1n) is 8.31. The quantitative estimate of drug-likeness (QED) is 0.762. The number of fused-ring (bicyclic) bond motifs is 1. The highest BCUT2D eigenvalue weighted by atomic mass is 35.5. The summed E-state index contributed by atoms with van der Waals surface area (Å²) in [5, 5.41) is 6.10. The normalized spacial score (nSPS) is 12.3. The molecule has 0 atom stereocenters. The summed E-state index contributed by atoms with van der Waals surface area (Å²) < 4.78 is 10.9. The van der Waals surface area contributed by atoms with Gasteiger partial charge in [0, 0.05) is 23.3 Å². The van der Waals surface area contributed by atoms with E-state index >= 15 is 0 Å². The molecule has 2 aromatic rings. The van der Waals surface area contributed by atoms with Crippen LogP contribution >= 0.6 is 11.6 Å². The molecule has 0 aromatic heterocycles. The molecular weight excluding hydrogens is 356 g/mol. The average Bonchev–Trinajstić information content (AvgIpc) is 2.63. The van der Waals surface area contributed by atoms with Crippen molar-refractivity contribution in [2.24, 2.45) is 0 Å². The molecule has 0 unspecified atom stereocenters. The summed E-state index contributed by atoms with van der Waals surface area (Å²) >= 11 is 5.83. The molecule has 7 heteroatoms. The molecule has 0 spiro atoms. The zero-order chi connectivity index (χ0) is 18.4. The number of ether oxygens (including phenoxy) is 2. The van der Waals surface area contributed by atoms with Gasteiger partial charge in [0.15, 0.2) is 11.5 Å². The van der Waals surface area contributed by atoms with Gasteiger partial charge in [-0.25, -0.2) is 0 Å². The standard InChI is InChI=1S/C19H19ClN2O4/c20-14-3-1-13(2-4-14)7-8-21-18(23)12-19(24)22-15-5-6-16-17(11-15)26-10-9-25-16/h1-6,11H,7-10,12H2,(H,21,23)(H,22,24). The minimum absolute atomic E-state index is 0.241. The number of carbonyl (C=O) groups excluding carboxylic acids is 2. The van der Waals surface area contributed by atoms with Crippen molar-refractivity contribution in [2.45, 2.75) is 12.8 Å². The van der Waals surface area contributed by atoms with Gasteiger partial charge in [-0.3, -0.25) is 9.59 Å². The summed E-state index contributed by atoms with van der Waals surface area (Å²) in [5.74, 6) is 0.523. The van der Waals surface area contributed by atoms with Crippen molar-refractivity contribution >= 4 is 29.1 Å². The van der Waals surface area contributed by atoms with Crippen LogP contribution in [0.5, 0.6) is 11.5 Å². The van der Waals surface area contributed by atoms with E-state index in [1.54, 1.807) is 30.3 Å². The highest BCUT2D eigenvalue weighted by Crippen LogP contribution is 2.32. The molecule has 1 heterocycles. The molecule has 26 heavy (non-hydrogen) atoms. The highest BCUT2D eigenvalue weighted by molar-refractivity contribution is 6.30. The molecule has 136 valence electrons. The van der Waals surface area contributed by atoms with Crippen molar-refractivity contribution in [2.75, 3.05) is 25.1 Å². The predicted molar refractivity (Wildman–Crippen MR) is 98.8 cm³/mol. The predicted octanol–water partition coefficient (Wildman–Crippen LogP) is 2.80. The van der Waals surface area contributed by atoms with Gasteiger partial charge in [-0.2, -0.15) is 0 Å². The van der Waals surface area contributed by atoms with Crippen molar-refractivity contribution in [3.8, 4) is 11.5 Å². The average molecular weight is 375 g/mol. The van der Waals surface area contributed by atoms with Crippen molar-refractivity contribution in [1.82, 2.24) is 5.32 Å². The third-order valence-corrected chi connectivity index (χ3v) is 4.05. The van der Waals surface area contributed by atoms with Crippen molar-refractivity contribution < 1.29 is 19.1 Å². The minimum atomic E-state index is -0.384. The first kappa shape index (κ1) is 18.1. The van der Waals surface area contributed by atoms with Crippen LogP contribution in [0.15, 0.2) is 42.5 Å². The fourth-order valence-corrected chi connectivity index (χ4v) is 2.66. The molecule has 2 N–H and O–H groups in total. The fraction of sp³-hybridized carbons (Fsp3) is 0.263. The summed E-state index contributed by atoms with van der Waals surface area (Å²) in [4.78, 5) is 23.9. The summed E-state index contributed by atoms with van der Waals surface area (Å²) in [6.45, 7) is 1.44. The molecule has 0 saturated carbocycles. The van der Waals surface area contributed by atoms with Gasteiger partial charge in [0.1, 0.15) is 19.6 Å². The molecule has 0 radical (unpaired) electrons. The number of halogens is 1. The minimum Gasteiger partial charge on any atom is -0.486 e. The Bertz CT molecular complexity index is 793. The van der Waals surface area contributed by atoms with E-state index in [1.165, 1.54) is 0 Å². The van der Waals surface area contributed by atoms with Gasteiger partial charge in [0.05, 0.1) is 0 Å². The lowest BCUT2D eigenvalue weighted by molar-refractivity contribution is -0.126. The van der Waals surface area contributed by atoms with Gasteiger partial charge in [-0.05, 0) is 36.2 Å². The SMILES string of the molecule is O=C(CC(=O)Nc1ccc2c(c1)OCCO2)NCCc1ccc(Cl)cc1. The van der Waals surface area contributed by atoms with Crippen LogP contribution in [0.3, 0.4) is 0 Å². The number of anilines is 1. The Labute approximate surface area is 156 Å². The number of carbonyl (C=O) groups is 2. The van der Waals surface area contributed by atoms with Crippen LogP contribution in [0.1, 0.15) is 12.0 Å². The fourth-order valence-electron chi connectivity index (χ4n) is 2.53. The van der Waals surface area contributed by atoms with Crippen LogP contribution in [0.4, 0.5) is 5.69 Å². The first-order chi connectivity index (χ1) is 12.6. The van der Waals surface area contributed by atoms with E-state index in [0.29, 0.717) is 48.4 Å². The smallest absolute Gasteiger partial charge is 0.233 e. The largest absolute Gasteiger partial charge is 0.486 e. The Morgan fingerprint density at radius 3 is 2.46 bits per heavy atom. The number of rotatable bonds is 6. The van der Waals surface area contributed by atoms with E-state index in [1.807, 2.05) is 12.1 Å². The van der Waals surface area contributed by atoms with Crippen LogP contribution in [0.2, 0.25) is 5.02 Å². The topological polar surface area (TPSA) is 76.7 Å². The third kappa shape index (κ3) is 5.13. The molecule has 2 amide bonds. The number of amides is 2. The molecule has 1 aliphatic rings. The molecule has 3 rings (SSSR count). The molecular formula is C19H19ClN2O4. The maximum absolute atomic E-state index is 12.0. The van der Waals surface area contributed by atoms with Gasteiger partial charge in [0.25, 0.3) is 0 Å². The number of hydrogen-bond acceptors (Lipinski definition) is 4. The summed E-state index contributed by atoms with van der Waals surface area (Å²) in [6.07, 6.45) is 0.432. The summed E-state index contributed by atoms with van der Waals surface area (Å²) in [6, 6.07) is 12.6. The van der Waals surface area contributed by atoms with E-state index < -0.39 is 0 Å². The van der Waals surface area contributed by atoms with Gasteiger partial charge in [0.2, 0.25) is 11.8 Å². The highest BCUT2D eigenvalue weighted by Gasteiger charge is 2.14. The van der Waals surface area contributed by atoms with Gasteiger partial charge in [-0.1, -0.05) is 23.7 Å². The third-order valence-electron chi connectivity index (χ3n) is 3.80. The zero-order valence-corrected chi connectivity index (χ0v) is 14.8. The molecule has 6 nitrogen and oxygen atoms in total. The Morgan fingerprint density at radius 1 is 0.962 bits per heavy atom. The second-order valence-corrected chi connectivity index (χ2v) is 6.25.